The highest BCUT2D eigenvalue weighted by molar-refractivity contribution is 5.71. The number of methoxy groups -OCH3 is 1. The molecule has 0 aromatic carbocycles. The van der Waals surface area contributed by atoms with Gasteiger partial charge in [-0.15, -0.1) is 5.11 Å². The lowest BCUT2D eigenvalue weighted by Gasteiger charge is -2.13. The summed E-state index contributed by atoms with van der Waals surface area (Å²) in [6.07, 6.45) is 4.48. The van der Waals surface area contributed by atoms with Crippen LogP contribution in [-0.2, 0) is 9.53 Å². The van der Waals surface area contributed by atoms with Crippen molar-refractivity contribution in [3.63, 3.8) is 0 Å². The van der Waals surface area contributed by atoms with Gasteiger partial charge in [-0.25, -0.2) is 0 Å². The van der Waals surface area contributed by atoms with Crippen molar-refractivity contribution in [3.05, 3.63) is 0 Å². The molecule has 6 nitrogen and oxygen atoms in total. The molecule has 0 saturated heterocycles. The molecule has 1 aliphatic heterocycles. The van der Waals surface area contributed by atoms with E-state index in [-0.39, 0.29) is 18.7 Å². The molecule has 1 atom stereocenters. The van der Waals surface area contributed by atoms with Crippen molar-refractivity contribution in [1.29, 1.82) is 0 Å². The van der Waals surface area contributed by atoms with E-state index in [0.717, 1.165) is 12.8 Å². The summed E-state index contributed by atoms with van der Waals surface area (Å²) in [6.45, 7) is 6.26. The molecule has 1 aliphatic rings. The summed E-state index contributed by atoms with van der Waals surface area (Å²) >= 11 is 0. The highest BCUT2D eigenvalue weighted by Gasteiger charge is 2.19. The summed E-state index contributed by atoms with van der Waals surface area (Å²) in [5.74, 6) is -0.323. The molecule has 0 fully saturated rings. The summed E-state index contributed by atoms with van der Waals surface area (Å²) in [6, 6.07) is 0. The minimum atomic E-state index is -0.323. The van der Waals surface area contributed by atoms with E-state index in [1.165, 1.54) is 25.1 Å². The fraction of sp³-hybridized carbons (Fsp3) is 0.909. The van der Waals surface area contributed by atoms with E-state index in [4.69, 9.17) is 0 Å². The van der Waals surface area contributed by atoms with Crippen LogP contribution in [0.3, 0.4) is 0 Å². The number of rotatable bonds is 6. The molecule has 6 heteroatoms. The third-order valence-electron chi connectivity index (χ3n) is 2.18. The second kappa shape index (κ2) is 10.0. The first-order valence-electron chi connectivity index (χ1n) is 6.27. The van der Waals surface area contributed by atoms with Gasteiger partial charge in [-0.05, 0) is 12.8 Å². The lowest BCUT2D eigenvalue weighted by molar-refractivity contribution is -0.142. The molecule has 1 heterocycles. The zero-order valence-corrected chi connectivity index (χ0v) is 11.3. The van der Waals surface area contributed by atoms with Crippen LogP contribution in [0, 0.1) is 0 Å². The number of nitrogens with one attached hydrogen (secondary N) is 1. The summed E-state index contributed by atoms with van der Waals surface area (Å²) < 4.78 is 4.52. The largest absolute Gasteiger partial charge is 0.468 e. The highest BCUT2D eigenvalue weighted by atomic mass is 16.5. The maximum absolute atomic E-state index is 10.9. The summed E-state index contributed by atoms with van der Waals surface area (Å²) in [7, 11) is 1.36. The van der Waals surface area contributed by atoms with Crippen LogP contribution in [0.25, 0.3) is 0 Å². The SMILES string of the molecule is CC.CCCCCC1N=NN(CC(=O)OC)N1. The zero-order chi connectivity index (χ0) is 13.1. The topological polar surface area (TPSA) is 66.3 Å². The van der Waals surface area contributed by atoms with E-state index in [1.807, 2.05) is 13.8 Å². The number of carbonyl (C=O) groups excluding carboxylic acids is 1. The molecule has 0 aliphatic carbocycles. The van der Waals surface area contributed by atoms with Crippen molar-refractivity contribution in [2.45, 2.75) is 52.6 Å². The predicted octanol–water partition coefficient (Wildman–Crippen LogP) is 2.28. The molecule has 100 valence electrons. The summed E-state index contributed by atoms with van der Waals surface area (Å²) in [4.78, 5) is 10.9. The molecule has 0 aromatic rings. The first-order valence-corrected chi connectivity index (χ1v) is 6.27. The minimum Gasteiger partial charge on any atom is -0.468 e. The van der Waals surface area contributed by atoms with Crippen LogP contribution in [-0.4, -0.2) is 30.9 Å². The van der Waals surface area contributed by atoms with Gasteiger partial charge in [0.15, 0.2) is 6.54 Å². The van der Waals surface area contributed by atoms with Crippen LogP contribution >= 0.6 is 0 Å². The number of hydrazine groups is 1. The number of carbonyl (C=O) groups is 1. The molecule has 0 saturated carbocycles. The van der Waals surface area contributed by atoms with Crippen molar-refractivity contribution < 1.29 is 9.53 Å². The lowest BCUT2D eigenvalue weighted by Crippen LogP contribution is -2.38. The Kier molecular flexibility index (Phi) is 9.33. The van der Waals surface area contributed by atoms with Gasteiger partial charge in [0.25, 0.3) is 0 Å². The second-order valence-electron chi connectivity index (χ2n) is 3.48. The summed E-state index contributed by atoms with van der Waals surface area (Å²) in [5.41, 5.74) is 3.01. The van der Waals surface area contributed by atoms with Crippen molar-refractivity contribution in [1.82, 2.24) is 10.5 Å². The maximum atomic E-state index is 10.9. The average Bonchev–Trinajstić information content (AvgIpc) is 2.79. The summed E-state index contributed by atoms with van der Waals surface area (Å²) in [5, 5.41) is 9.26. The molecular weight excluding hydrogens is 220 g/mol. The van der Waals surface area contributed by atoms with Crippen LogP contribution in [0.2, 0.25) is 0 Å². The Hall–Kier alpha value is -1.17. The molecule has 0 bridgehead atoms. The van der Waals surface area contributed by atoms with Gasteiger partial charge in [-0.1, -0.05) is 38.8 Å². The van der Waals surface area contributed by atoms with Crippen LogP contribution in [0.5, 0.6) is 0 Å². The van der Waals surface area contributed by atoms with Gasteiger partial charge in [0.1, 0.15) is 6.17 Å². The minimum absolute atomic E-state index is 0.0150. The van der Waals surface area contributed by atoms with E-state index in [2.05, 4.69) is 27.4 Å². The van der Waals surface area contributed by atoms with Gasteiger partial charge >= 0.3 is 5.97 Å². The molecular formula is C11H24N4O2. The molecule has 1 N–H and O–H groups in total. The Labute approximate surface area is 103 Å². The van der Waals surface area contributed by atoms with Gasteiger partial charge in [0.2, 0.25) is 0 Å². The Balaban J connectivity index is 0.00000121. The third kappa shape index (κ3) is 6.88. The monoisotopic (exact) mass is 244 g/mol. The number of hydrogen-bond acceptors (Lipinski definition) is 6. The maximum Gasteiger partial charge on any atom is 0.328 e. The molecule has 1 unspecified atom stereocenters. The second-order valence-corrected chi connectivity index (χ2v) is 3.48. The van der Waals surface area contributed by atoms with Gasteiger partial charge in [0.05, 0.1) is 7.11 Å². The van der Waals surface area contributed by atoms with Crippen molar-refractivity contribution in [2.75, 3.05) is 13.7 Å². The Bertz CT molecular complexity index is 234. The molecule has 0 aromatic heterocycles. The molecule has 0 spiro atoms. The van der Waals surface area contributed by atoms with Crippen molar-refractivity contribution >= 4 is 5.97 Å². The Morgan fingerprint density at radius 1 is 1.41 bits per heavy atom. The molecule has 0 radical (unpaired) electrons. The van der Waals surface area contributed by atoms with Crippen LogP contribution in [0.4, 0.5) is 0 Å². The zero-order valence-electron chi connectivity index (χ0n) is 11.3. The number of nitrogens with zero attached hydrogens (tertiary/aromatic N) is 3. The molecule has 1 rings (SSSR count). The quantitative estimate of drug-likeness (QED) is 0.575. The third-order valence-corrected chi connectivity index (χ3v) is 2.18. The van der Waals surface area contributed by atoms with Gasteiger partial charge in [-0.2, -0.15) is 10.5 Å². The highest BCUT2D eigenvalue weighted by Crippen LogP contribution is 2.10. The predicted molar refractivity (Wildman–Crippen MR) is 66.0 cm³/mol. The van der Waals surface area contributed by atoms with Gasteiger partial charge in [0, 0.05) is 0 Å². The lowest BCUT2D eigenvalue weighted by atomic mass is 10.2. The average molecular weight is 244 g/mol. The fourth-order valence-corrected chi connectivity index (χ4v) is 1.32. The van der Waals surface area contributed by atoms with Crippen LogP contribution in [0.1, 0.15) is 46.5 Å². The smallest absolute Gasteiger partial charge is 0.328 e. The van der Waals surface area contributed by atoms with E-state index < -0.39 is 0 Å². The number of ether oxygens (including phenoxy) is 1. The van der Waals surface area contributed by atoms with E-state index >= 15 is 0 Å². The fourth-order valence-electron chi connectivity index (χ4n) is 1.32. The Morgan fingerprint density at radius 3 is 2.71 bits per heavy atom. The van der Waals surface area contributed by atoms with Gasteiger partial charge in [-0.3, -0.25) is 4.79 Å². The number of esters is 1. The van der Waals surface area contributed by atoms with Crippen molar-refractivity contribution in [2.24, 2.45) is 10.3 Å². The molecule has 17 heavy (non-hydrogen) atoms. The number of unbranched alkanes of at least 4 members (excludes halogenated alkanes) is 2. The first-order chi connectivity index (χ1) is 8.26. The van der Waals surface area contributed by atoms with Crippen molar-refractivity contribution in [3.8, 4) is 0 Å². The standard InChI is InChI=1S/C9H18N4O2.C2H6/c1-3-4-5-6-8-10-12-13(11-8)7-9(14)15-2;1-2/h8,11H,3-7H2,1-2H3;1-2H3. The first kappa shape index (κ1) is 15.8. The normalized spacial score (nSPS) is 17.6. The molecule has 0 amide bonds. The van der Waals surface area contributed by atoms with E-state index in [1.54, 1.807) is 0 Å². The Morgan fingerprint density at radius 2 is 2.12 bits per heavy atom. The van der Waals surface area contributed by atoms with Gasteiger partial charge < -0.3 is 4.74 Å². The van der Waals surface area contributed by atoms with E-state index in [0.29, 0.717) is 0 Å². The number of hydrogen-bond donors (Lipinski definition) is 1. The van der Waals surface area contributed by atoms with Crippen LogP contribution in [0.15, 0.2) is 10.3 Å². The van der Waals surface area contributed by atoms with E-state index in [9.17, 15) is 4.79 Å². The van der Waals surface area contributed by atoms with Crippen LogP contribution < -0.4 is 5.43 Å².